The molecule has 2 aromatic rings. The summed E-state index contributed by atoms with van der Waals surface area (Å²) >= 11 is 0. The SMILES string of the molecule is Cc1ccoc1C(=O)N1CC[C@@H](N(C)Cc2cccnc2)C[C@H]1C(=O)O. The lowest BCUT2D eigenvalue weighted by Crippen LogP contribution is -2.54. The third kappa shape index (κ3) is 3.77. The summed E-state index contributed by atoms with van der Waals surface area (Å²) in [6, 6.07) is 4.81. The van der Waals surface area contributed by atoms with E-state index in [-0.39, 0.29) is 17.7 Å². The lowest BCUT2D eigenvalue weighted by Gasteiger charge is -2.40. The lowest BCUT2D eigenvalue weighted by atomic mass is 9.95. The van der Waals surface area contributed by atoms with E-state index >= 15 is 0 Å². The molecule has 1 saturated heterocycles. The van der Waals surface area contributed by atoms with Crippen LogP contribution in [0.3, 0.4) is 0 Å². The summed E-state index contributed by atoms with van der Waals surface area (Å²) in [5.41, 5.74) is 1.79. The Bertz CT molecular complexity index is 774. The maximum Gasteiger partial charge on any atom is 0.326 e. The van der Waals surface area contributed by atoms with Crippen LogP contribution in [0.5, 0.6) is 0 Å². The molecule has 0 spiro atoms. The number of furan rings is 1. The van der Waals surface area contributed by atoms with Crippen LogP contribution < -0.4 is 0 Å². The van der Waals surface area contributed by atoms with Crippen LogP contribution in [-0.4, -0.2) is 57.4 Å². The fourth-order valence-corrected chi connectivity index (χ4v) is 3.46. The number of rotatable bonds is 5. The number of aliphatic carboxylic acids is 1. The topological polar surface area (TPSA) is 86.9 Å². The predicted molar refractivity (Wildman–Crippen MR) is 94.6 cm³/mol. The van der Waals surface area contributed by atoms with Gasteiger partial charge in [-0.1, -0.05) is 6.07 Å². The molecule has 3 heterocycles. The number of nitrogens with zero attached hydrogens (tertiary/aromatic N) is 3. The van der Waals surface area contributed by atoms with Gasteiger partial charge in [-0.25, -0.2) is 4.79 Å². The first-order valence-corrected chi connectivity index (χ1v) is 8.64. The van der Waals surface area contributed by atoms with Crippen molar-refractivity contribution in [3.63, 3.8) is 0 Å². The number of carbonyl (C=O) groups excluding carboxylic acids is 1. The van der Waals surface area contributed by atoms with Crippen molar-refractivity contribution in [3.05, 3.63) is 53.7 Å². The monoisotopic (exact) mass is 357 g/mol. The van der Waals surface area contributed by atoms with Crippen molar-refractivity contribution in [1.82, 2.24) is 14.8 Å². The van der Waals surface area contributed by atoms with Crippen LogP contribution in [0.15, 0.2) is 41.3 Å². The van der Waals surface area contributed by atoms with E-state index in [9.17, 15) is 14.7 Å². The molecule has 3 rings (SSSR count). The zero-order valence-corrected chi connectivity index (χ0v) is 15.0. The van der Waals surface area contributed by atoms with E-state index in [4.69, 9.17) is 4.42 Å². The molecule has 138 valence electrons. The Balaban J connectivity index is 1.71. The molecule has 0 aliphatic carbocycles. The molecular formula is C19H23N3O4. The van der Waals surface area contributed by atoms with Gasteiger partial charge in [0.25, 0.3) is 5.91 Å². The van der Waals surface area contributed by atoms with E-state index in [1.807, 2.05) is 25.4 Å². The van der Waals surface area contributed by atoms with E-state index < -0.39 is 12.0 Å². The molecule has 1 N–H and O–H groups in total. The minimum Gasteiger partial charge on any atom is -0.480 e. The van der Waals surface area contributed by atoms with Crippen molar-refractivity contribution < 1.29 is 19.1 Å². The van der Waals surface area contributed by atoms with Crippen LogP contribution >= 0.6 is 0 Å². The summed E-state index contributed by atoms with van der Waals surface area (Å²) in [5, 5.41) is 9.66. The van der Waals surface area contributed by atoms with Crippen molar-refractivity contribution in [2.24, 2.45) is 0 Å². The van der Waals surface area contributed by atoms with Crippen LogP contribution in [0.4, 0.5) is 0 Å². The summed E-state index contributed by atoms with van der Waals surface area (Å²) in [5.74, 6) is -1.12. The maximum atomic E-state index is 12.7. The van der Waals surface area contributed by atoms with Gasteiger partial charge < -0.3 is 14.4 Å². The second-order valence-corrected chi connectivity index (χ2v) is 6.74. The molecule has 0 aromatic carbocycles. The first-order valence-electron chi connectivity index (χ1n) is 8.64. The first kappa shape index (κ1) is 18.1. The standard InChI is InChI=1S/C19H23N3O4/c1-13-6-9-26-17(13)18(23)22-8-5-15(10-16(22)19(24)25)21(2)12-14-4-3-7-20-11-14/h3-4,6-7,9,11,15-16H,5,8,10,12H2,1-2H3,(H,24,25)/t15-,16+/m1/s1. The zero-order valence-electron chi connectivity index (χ0n) is 15.0. The molecule has 0 radical (unpaired) electrons. The van der Waals surface area contributed by atoms with Crippen LogP contribution in [0.2, 0.25) is 0 Å². The Kier molecular flexibility index (Phi) is 5.37. The Morgan fingerprint density at radius 3 is 2.85 bits per heavy atom. The molecule has 2 atom stereocenters. The van der Waals surface area contributed by atoms with Crippen molar-refractivity contribution in [2.45, 2.75) is 38.4 Å². The third-order valence-electron chi connectivity index (χ3n) is 4.96. The predicted octanol–water partition coefficient (Wildman–Crippen LogP) is 2.17. The van der Waals surface area contributed by atoms with Gasteiger partial charge in [-0.2, -0.15) is 0 Å². The second-order valence-electron chi connectivity index (χ2n) is 6.74. The van der Waals surface area contributed by atoms with Gasteiger partial charge in [0.1, 0.15) is 6.04 Å². The van der Waals surface area contributed by atoms with E-state index in [1.165, 1.54) is 11.2 Å². The molecule has 26 heavy (non-hydrogen) atoms. The Hall–Kier alpha value is -2.67. The van der Waals surface area contributed by atoms with E-state index in [0.717, 1.165) is 11.1 Å². The molecule has 1 aliphatic heterocycles. The Labute approximate surface area is 152 Å². The fraction of sp³-hybridized carbons (Fsp3) is 0.421. The smallest absolute Gasteiger partial charge is 0.326 e. The molecule has 0 unspecified atom stereocenters. The number of likely N-dealkylation sites (tertiary alicyclic amines) is 1. The summed E-state index contributed by atoms with van der Waals surface area (Å²) in [6.07, 6.45) is 6.09. The van der Waals surface area contributed by atoms with E-state index in [2.05, 4.69) is 9.88 Å². The number of carbonyl (C=O) groups is 2. The average molecular weight is 357 g/mol. The lowest BCUT2D eigenvalue weighted by molar-refractivity contribution is -0.144. The second kappa shape index (κ2) is 7.70. The highest BCUT2D eigenvalue weighted by Crippen LogP contribution is 2.25. The normalized spacial score (nSPS) is 20.3. The summed E-state index contributed by atoms with van der Waals surface area (Å²) in [4.78, 5) is 32.2. The van der Waals surface area contributed by atoms with Crippen LogP contribution in [0, 0.1) is 6.92 Å². The molecule has 1 fully saturated rings. The number of aryl methyl sites for hydroxylation is 1. The molecule has 7 heteroatoms. The third-order valence-corrected chi connectivity index (χ3v) is 4.96. The number of carboxylic acid groups (broad SMARTS) is 1. The number of hydrogen-bond donors (Lipinski definition) is 1. The van der Waals surface area contributed by atoms with E-state index in [1.54, 1.807) is 19.2 Å². The average Bonchev–Trinajstić information content (AvgIpc) is 3.07. The fourth-order valence-electron chi connectivity index (χ4n) is 3.46. The van der Waals surface area contributed by atoms with Gasteiger partial charge in [-0.05, 0) is 44.5 Å². The molecule has 2 aromatic heterocycles. The van der Waals surface area contributed by atoms with Crippen LogP contribution in [0.25, 0.3) is 0 Å². The highest BCUT2D eigenvalue weighted by molar-refractivity contribution is 5.95. The van der Waals surface area contributed by atoms with Gasteiger partial charge >= 0.3 is 5.97 Å². The summed E-state index contributed by atoms with van der Waals surface area (Å²) in [6.45, 7) is 2.86. The first-order chi connectivity index (χ1) is 12.5. The zero-order chi connectivity index (χ0) is 18.7. The summed E-state index contributed by atoms with van der Waals surface area (Å²) in [7, 11) is 1.98. The van der Waals surface area contributed by atoms with Gasteiger partial charge in [0, 0.05) is 37.1 Å². The van der Waals surface area contributed by atoms with Crippen LogP contribution in [-0.2, 0) is 11.3 Å². The molecule has 1 aliphatic rings. The number of amides is 1. The van der Waals surface area contributed by atoms with Gasteiger partial charge in [0.15, 0.2) is 5.76 Å². The quantitative estimate of drug-likeness (QED) is 0.882. The minimum atomic E-state index is -0.984. The highest BCUT2D eigenvalue weighted by Gasteiger charge is 2.39. The largest absolute Gasteiger partial charge is 0.480 e. The van der Waals surface area contributed by atoms with E-state index in [0.29, 0.717) is 25.9 Å². The summed E-state index contributed by atoms with van der Waals surface area (Å²) < 4.78 is 5.26. The van der Waals surface area contributed by atoms with Crippen molar-refractivity contribution >= 4 is 11.9 Å². The van der Waals surface area contributed by atoms with Crippen LogP contribution in [0.1, 0.15) is 34.5 Å². The number of carboxylic acids is 1. The molecule has 0 bridgehead atoms. The number of pyridine rings is 1. The number of hydrogen-bond acceptors (Lipinski definition) is 5. The highest BCUT2D eigenvalue weighted by atomic mass is 16.4. The van der Waals surface area contributed by atoms with Crippen molar-refractivity contribution in [3.8, 4) is 0 Å². The van der Waals surface area contributed by atoms with Gasteiger partial charge in [0.2, 0.25) is 0 Å². The van der Waals surface area contributed by atoms with Gasteiger partial charge in [-0.15, -0.1) is 0 Å². The molecule has 1 amide bonds. The molecule has 0 saturated carbocycles. The number of piperidine rings is 1. The molecule has 7 nitrogen and oxygen atoms in total. The van der Waals surface area contributed by atoms with Gasteiger partial charge in [0.05, 0.1) is 6.26 Å². The molecular weight excluding hydrogens is 334 g/mol. The Morgan fingerprint density at radius 2 is 2.23 bits per heavy atom. The Morgan fingerprint density at radius 1 is 1.42 bits per heavy atom. The van der Waals surface area contributed by atoms with Crippen molar-refractivity contribution in [2.75, 3.05) is 13.6 Å². The minimum absolute atomic E-state index is 0.0815. The number of aromatic nitrogens is 1. The van der Waals surface area contributed by atoms with Gasteiger partial charge in [-0.3, -0.25) is 14.7 Å². The van der Waals surface area contributed by atoms with Crippen molar-refractivity contribution in [1.29, 1.82) is 0 Å². The maximum absolute atomic E-state index is 12.7.